The maximum atomic E-state index is 12.1. The monoisotopic (exact) mass is 307 g/mol. The average Bonchev–Trinajstić information content (AvgIpc) is 2.78. The van der Waals surface area contributed by atoms with E-state index in [0.717, 1.165) is 5.69 Å². The van der Waals surface area contributed by atoms with Crippen LogP contribution in [0.4, 0.5) is 5.69 Å². The van der Waals surface area contributed by atoms with Gasteiger partial charge in [-0.3, -0.25) is 4.79 Å². The maximum absolute atomic E-state index is 12.1. The summed E-state index contributed by atoms with van der Waals surface area (Å²) in [6, 6.07) is 7.03. The lowest BCUT2D eigenvalue weighted by Gasteiger charge is -2.21. The zero-order chi connectivity index (χ0) is 15.6. The second kappa shape index (κ2) is 6.10. The van der Waals surface area contributed by atoms with Crippen LogP contribution in [0, 0.1) is 5.92 Å². The second-order valence-corrected chi connectivity index (χ2v) is 6.67. The van der Waals surface area contributed by atoms with Crippen molar-refractivity contribution < 1.29 is 14.3 Å². The quantitative estimate of drug-likeness (QED) is 0.690. The number of carbonyl (C=O) groups excluding carboxylic acids is 2. The zero-order valence-corrected chi connectivity index (χ0v) is 13.5. The Morgan fingerprint density at radius 2 is 2.14 bits per heavy atom. The van der Waals surface area contributed by atoms with E-state index in [1.807, 2.05) is 26.8 Å². The van der Waals surface area contributed by atoms with E-state index in [9.17, 15) is 9.59 Å². The molecule has 21 heavy (non-hydrogen) atoms. The van der Waals surface area contributed by atoms with Gasteiger partial charge >= 0.3 is 5.97 Å². The molecule has 2 rings (SSSR count). The lowest BCUT2D eigenvalue weighted by Crippen LogP contribution is -2.26. The van der Waals surface area contributed by atoms with Crippen molar-refractivity contribution in [2.75, 3.05) is 17.2 Å². The molecule has 4 nitrogen and oxygen atoms in total. The third-order valence-electron chi connectivity index (χ3n) is 3.26. The average molecular weight is 307 g/mol. The van der Waals surface area contributed by atoms with Gasteiger partial charge in [-0.05, 0) is 50.6 Å². The number of anilines is 1. The van der Waals surface area contributed by atoms with Crippen LogP contribution in [0.15, 0.2) is 24.3 Å². The molecule has 0 radical (unpaired) electrons. The van der Waals surface area contributed by atoms with E-state index >= 15 is 0 Å². The second-order valence-electron chi connectivity index (χ2n) is 6.31. The van der Waals surface area contributed by atoms with Gasteiger partial charge in [0, 0.05) is 18.7 Å². The third-order valence-corrected chi connectivity index (χ3v) is 3.77. The fourth-order valence-electron chi connectivity index (χ4n) is 2.29. The molecule has 114 valence electrons. The summed E-state index contributed by atoms with van der Waals surface area (Å²) in [6.07, 6.45) is 0.514. The van der Waals surface area contributed by atoms with Gasteiger partial charge in [0.25, 0.3) is 0 Å². The Morgan fingerprint density at radius 1 is 1.43 bits per heavy atom. The maximum Gasteiger partial charge on any atom is 0.338 e. The number of thiol groups is 1. The Morgan fingerprint density at radius 3 is 2.71 bits per heavy atom. The first-order valence-corrected chi connectivity index (χ1v) is 7.68. The van der Waals surface area contributed by atoms with Gasteiger partial charge in [0.1, 0.15) is 5.60 Å². The number of nitrogens with zero attached hydrogens (tertiary/aromatic N) is 1. The molecule has 1 amide bonds. The first kappa shape index (κ1) is 15.9. The lowest BCUT2D eigenvalue weighted by molar-refractivity contribution is -0.117. The van der Waals surface area contributed by atoms with Crippen molar-refractivity contribution in [3.63, 3.8) is 0 Å². The molecule has 0 N–H and O–H groups in total. The summed E-state index contributed by atoms with van der Waals surface area (Å²) in [6.45, 7) is 6.14. The Hall–Kier alpha value is -1.49. The van der Waals surface area contributed by atoms with Gasteiger partial charge in [-0.2, -0.15) is 12.6 Å². The molecular formula is C16H21NO3S. The topological polar surface area (TPSA) is 46.6 Å². The first-order chi connectivity index (χ1) is 9.80. The molecular weight excluding hydrogens is 286 g/mol. The molecule has 1 heterocycles. The van der Waals surface area contributed by atoms with Gasteiger partial charge in [-0.1, -0.05) is 6.07 Å². The first-order valence-electron chi connectivity index (χ1n) is 7.05. The molecule has 1 atom stereocenters. The summed E-state index contributed by atoms with van der Waals surface area (Å²) >= 11 is 4.26. The van der Waals surface area contributed by atoms with Crippen molar-refractivity contribution in [3.8, 4) is 0 Å². The van der Waals surface area contributed by atoms with Crippen molar-refractivity contribution in [2.45, 2.75) is 32.8 Å². The Balaban J connectivity index is 2.18. The Kier molecular flexibility index (Phi) is 4.61. The zero-order valence-electron chi connectivity index (χ0n) is 12.6. The summed E-state index contributed by atoms with van der Waals surface area (Å²) in [4.78, 5) is 25.8. The van der Waals surface area contributed by atoms with Crippen LogP contribution in [-0.2, 0) is 9.53 Å². The van der Waals surface area contributed by atoms with Crippen molar-refractivity contribution in [1.29, 1.82) is 0 Å². The highest BCUT2D eigenvalue weighted by Crippen LogP contribution is 2.26. The van der Waals surface area contributed by atoms with Gasteiger partial charge in [0.05, 0.1) is 5.56 Å². The SMILES string of the molecule is CC(C)(C)OC(=O)c1cccc(N2CC(CS)CC2=O)c1. The number of amides is 1. The standard InChI is InChI=1S/C16H21NO3S/c1-16(2,3)20-15(19)12-5-4-6-13(8-12)17-9-11(10-21)7-14(17)18/h4-6,8,11,21H,7,9-10H2,1-3H3. The Bertz CT molecular complexity index is 551. The van der Waals surface area contributed by atoms with Crippen molar-refractivity contribution in [3.05, 3.63) is 29.8 Å². The molecule has 5 heteroatoms. The number of benzene rings is 1. The van der Waals surface area contributed by atoms with Crippen LogP contribution >= 0.6 is 12.6 Å². The molecule has 1 aliphatic heterocycles. The smallest absolute Gasteiger partial charge is 0.338 e. The van der Waals surface area contributed by atoms with Crippen molar-refractivity contribution in [1.82, 2.24) is 0 Å². The van der Waals surface area contributed by atoms with Crippen LogP contribution in [0.2, 0.25) is 0 Å². The molecule has 0 aliphatic carbocycles. The molecule has 1 aromatic rings. The van der Waals surface area contributed by atoms with Crippen LogP contribution in [0.25, 0.3) is 0 Å². The van der Waals surface area contributed by atoms with Crippen molar-refractivity contribution >= 4 is 30.2 Å². The highest BCUT2D eigenvalue weighted by atomic mass is 32.1. The minimum atomic E-state index is -0.534. The molecule has 1 saturated heterocycles. The van der Waals surface area contributed by atoms with E-state index in [0.29, 0.717) is 24.3 Å². The summed E-state index contributed by atoms with van der Waals surface area (Å²) < 4.78 is 5.36. The minimum Gasteiger partial charge on any atom is -0.456 e. The highest BCUT2D eigenvalue weighted by Gasteiger charge is 2.30. The van der Waals surface area contributed by atoms with E-state index < -0.39 is 5.60 Å². The van der Waals surface area contributed by atoms with E-state index in [4.69, 9.17) is 4.74 Å². The molecule has 1 aromatic carbocycles. The van der Waals surface area contributed by atoms with Crippen LogP contribution < -0.4 is 4.90 Å². The molecule has 1 aliphatic rings. The van der Waals surface area contributed by atoms with Crippen LogP contribution in [0.1, 0.15) is 37.6 Å². The molecule has 0 aromatic heterocycles. The van der Waals surface area contributed by atoms with Gasteiger partial charge in [-0.15, -0.1) is 0 Å². The molecule has 1 unspecified atom stereocenters. The number of esters is 1. The van der Waals surface area contributed by atoms with E-state index in [2.05, 4.69) is 12.6 Å². The fraction of sp³-hybridized carbons (Fsp3) is 0.500. The van der Waals surface area contributed by atoms with Gasteiger partial charge in [0.2, 0.25) is 5.91 Å². The van der Waals surface area contributed by atoms with E-state index in [1.165, 1.54) is 0 Å². The van der Waals surface area contributed by atoms with Crippen molar-refractivity contribution in [2.24, 2.45) is 5.92 Å². The number of ether oxygens (including phenoxy) is 1. The predicted molar refractivity (Wildman–Crippen MR) is 85.9 cm³/mol. The van der Waals surface area contributed by atoms with Gasteiger partial charge in [-0.25, -0.2) is 4.79 Å². The van der Waals surface area contributed by atoms with Gasteiger partial charge < -0.3 is 9.64 Å². The van der Waals surface area contributed by atoms with Crippen LogP contribution in [0.3, 0.4) is 0 Å². The van der Waals surface area contributed by atoms with Crippen LogP contribution in [-0.4, -0.2) is 29.8 Å². The Labute approximate surface area is 130 Å². The largest absolute Gasteiger partial charge is 0.456 e. The normalized spacial score (nSPS) is 19.0. The molecule has 0 spiro atoms. The lowest BCUT2D eigenvalue weighted by atomic mass is 10.1. The molecule has 0 bridgehead atoms. The number of carbonyl (C=O) groups is 2. The number of rotatable bonds is 3. The highest BCUT2D eigenvalue weighted by molar-refractivity contribution is 7.80. The van der Waals surface area contributed by atoms with E-state index in [-0.39, 0.29) is 17.8 Å². The summed E-state index contributed by atoms with van der Waals surface area (Å²) in [7, 11) is 0. The summed E-state index contributed by atoms with van der Waals surface area (Å²) in [5.74, 6) is 0.664. The minimum absolute atomic E-state index is 0.0791. The molecule has 0 saturated carbocycles. The predicted octanol–water partition coefficient (Wildman–Crippen LogP) is 2.92. The third kappa shape index (κ3) is 4.00. The van der Waals surface area contributed by atoms with E-state index in [1.54, 1.807) is 23.1 Å². The van der Waals surface area contributed by atoms with Crippen LogP contribution in [0.5, 0.6) is 0 Å². The van der Waals surface area contributed by atoms with Gasteiger partial charge in [0.15, 0.2) is 0 Å². The number of hydrogen-bond donors (Lipinski definition) is 1. The number of hydrogen-bond acceptors (Lipinski definition) is 4. The molecule has 1 fully saturated rings. The summed E-state index contributed by atoms with van der Waals surface area (Å²) in [5.41, 5.74) is 0.672. The fourth-order valence-corrected chi connectivity index (χ4v) is 2.54. The summed E-state index contributed by atoms with van der Waals surface area (Å²) in [5, 5.41) is 0.